The number of methoxy groups -OCH3 is 2. The average molecular weight is 1790 g/mol. The topological polar surface area (TPSA) is 42.2 Å². The lowest BCUT2D eigenvalue weighted by atomic mass is 9.43. The minimum Gasteiger partial charge on any atom is -0.493 e. The Balaban J connectivity index is 0.000000134. The Morgan fingerprint density at radius 3 is 1.20 bits per heavy atom. The van der Waals surface area contributed by atoms with Crippen LogP contribution in [0.25, 0.3) is 174 Å². The van der Waals surface area contributed by atoms with E-state index < -0.39 is 5.41 Å². The van der Waals surface area contributed by atoms with Gasteiger partial charge >= 0.3 is 0 Å². The van der Waals surface area contributed by atoms with Gasteiger partial charge in [0, 0.05) is 42.6 Å². The molecule has 32 rings (SSSR count). The maximum Gasteiger partial charge on any atom is 0.162 e. The second-order valence-electron chi connectivity index (χ2n) is 42.7. The first-order chi connectivity index (χ1) is 68.2. The molecule has 0 saturated heterocycles. The fourth-order valence-electron chi connectivity index (χ4n) is 31.4. The Morgan fingerprint density at radius 1 is 0.275 bits per heavy atom. The highest BCUT2D eigenvalue weighted by atomic mass is 32.1. The largest absolute Gasteiger partial charge is 0.493 e. The van der Waals surface area contributed by atoms with Gasteiger partial charge in [0.05, 0.1) is 31.3 Å². The molecule has 19 aromatic carbocycles. The molecule has 1 heterocycles. The van der Waals surface area contributed by atoms with Gasteiger partial charge in [0.25, 0.3) is 0 Å². The first-order valence-electron chi connectivity index (χ1n) is 51.1. The van der Waals surface area contributed by atoms with Gasteiger partial charge in [-0.05, 0) is 389 Å². The fraction of sp³-hybridized carbons (Fsp3) is 0.216. The molecular weight excluding hydrogens is 1690 g/mol. The maximum absolute atomic E-state index is 9.61. The van der Waals surface area contributed by atoms with Crippen molar-refractivity contribution in [2.75, 3.05) is 14.2 Å². The molecule has 1 aromatic heterocycles. The van der Waals surface area contributed by atoms with E-state index in [9.17, 15) is 5.26 Å². The van der Waals surface area contributed by atoms with Crippen molar-refractivity contribution in [3.63, 3.8) is 0 Å². The van der Waals surface area contributed by atoms with Crippen molar-refractivity contribution in [3.8, 4) is 118 Å². The van der Waals surface area contributed by atoms with E-state index in [0.717, 1.165) is 75.2 Å². The zero-order valence-corrected chi connectivity index (χ0v) is 78.9. The van der Waals surface area contributed by atoms with Crippen molar-refractivity contribution < 1.29 is 9.47 Å². The summed E-state index contributed by atoms with van der Waals surface area (Å²) in [4.78, 5) is 0. The minimum absolute atomic E-state index is 0.127. The third-order valence-electron chi connectivity index (χ3n) is 36.4. The maximum atomic E-state index is 9.61. The molecule has 9 saturated carbocycles. The fourth-order valence-corrected chi connectivity index (χ4v) is 32.6. The van der Waals surface area contributed by atoms with Gasteiger partial charge in [-0.15, -0.1) is 11.3 Å². The molecule has 0 amide bonds. The first-order valence-corrected chi connectivity index (χ1v) is 51.9. The van der Waals surface area contributed by atoms with Crippen LogP contribution in [0.4, 0.5) is 0 Å². The zero-order chi connectivity index (χ0) is 91.0. The zero-order valence-electron chi connectivity index (χ0n) is 78.1. The van der Waals surface area contributed by atoms with Crippen molar-refractivity contribution in [3.05, 3.63) is 420 Å². The molecule has 8 bridgehead atoms. The Bertz CT molecular complexity index is 8360. The Morgan fingerprint density at radius 2 is 0.667 bits per heavy atom. The van der Waals surface area contributed by atoms with Crippen molar-refractivity contribution in [1.82, 2.24) is 0 Å². The molecule has 12 aliphatic rings. The van der Waals surface area contributed by atoms with Crippen molar-refractivity contribution in [2.45, 2.75) is 118 Å². The van der Waals surface area contributed by atoms with Crippen LogP contribution in [0.3, 0.4) is 0 Å². The first kappa shape index (κ1) is 81.0. The number of hydrogen-bond donors (Lipinski definition) is 0. The number of nitriles is 1. The van der Waals surface area contributed by atoms with Crippen LogP contribution in [0.5, 0.6) is 11.5 Å². The highest BCUT2D eigenvalue weighted by molar-refractivity contribution is 7.26. The molecule has 0 unspecified atom stereocenters. The van der Waals surface area contributed by atoms with Crippen LogP contribution in [-0.4, -0.2) is 14.2 Å². The lowest BCUT2D eigenvalue weighted by Crippen LogP contribution is -2.55. The smallest absolute Gasteiger partial charge is 0.162 e. The molecule has 3 nitrogen and oxygen atoms in total. The molecule has 138 heavy (non-hydrogen) atoms. The van der Waals surface area contributed by atoms with Gasteiger partial charge in [0.15, 0.2) is 11.5 Å². The minimum atomic E-state index is -0.555. The summed E-state index contributed by atoms with van der Waals surface area (Å²) in [5.41, 5.74) is 37.3. The van der Waals surface area contributed by atoms with E-state index in [4.69, 9.17) is 9.47 Å². The van der Waals surface area contributed by atoms with Gasteiger partial charge in [-0.1, -0.05) is 317 Å². The Labute approximate surface area is 811 Å². The summed E-state index contributed by atoms with van der Waals surface area (Å²) >= 11 is 1.85. The molecule has 0 aliphatic heterocycles. The molecule has 2 spiro atoms. The van der Waals surface area contributed by atoms with E-state index in [1.165, 1.54) is 282 Å². The van der Waals surface area contributed by atoms with E-state index in [0.29, 0.717) is 11.5 Å². The van der Waals surface area contributed by atoms with Gasteiger partial charge in [0.1, 0.15) is 0 Å². The number of nitrogens with zero attached hydrogens (tertiary/aromatic N) is 1. The normalized spacial score (nSPS) is 22.2. The molecule has 0 N–H and O–H groups in total. The number of thiophene rings is 1. The van der Waals surface area contributed by atoms with Gasteiger partial charge in [-0.2, -0.15) is 5.26 Å². The van der Waals surface area contributed by atoms with Crippen LogP contribution >= 0.6 is 11.3 Å². The van der Waals surface area contributed by atoms with Gasteiger partial charge in [-0.3, -0.25) is 0 Å². The average Bonchev–Trinajstić information content (AvgIpc) is 1.50. The monoisotopic (exact) mass is 1790 g/mol. The molecule has 20 aromatic rings. The third kappa shape index (κ3) is 11.7. The highest BCUT2D eigenvalue weighted by Crippen LogP contribution is 2.73. The molecule has 0 atom stereocenters. The van der Waals surface area contributed by atoms with Crippen LogP contribution in [0.15, 0.2) is 364 Å². The number of benzene rings is 19. The second kappa shape index (κ2) is 31.2. The molecule has 4 heteroatoms. The molecule has 0 radical (unpaired) electrons. The number of hydrogen-bond acceptors (Lipinski definition) is 4. The summed E-state index contributed by atoms with van der Waals surface area (Å²) in [5, 5.41) is 24.3. The van der Waals surface area contributed by atoms with E-state index in [1.807, 2.05) is 23.5 Å². The van der Waals surface area contributed by atoms with E-state index in [1.54, 1.807) is 36.5 Å². The molecular formula is C134H105NO2S. The summed E-state index contributed by atoms with van der Waals surface area (Å²) in [6.07, 6.45) is 20.7. The van der Waals surface area contributed by atoms with Gasteiger partial charge in [0.2, 0.25) is 0 Å². The lowest BCUT2D eigenvalue weighted by molar-refractivity contribution is -0.0399. The van der Waals surface area contributed by atoms with Crippen LogP contribution in [-0.2, 0) is 16.2 Å². The van der Waals surface area contributed by atoms with Crippen LogP contribution in [0, 0.1) is 58.7 Å². The highest BCUT2D eigenvalue weighted by Gasteiger charge is 2.64. The van der Waals surface area contributed by atoms with E-state index in [2.05, 4.69) is 358 Å². The predicted molar refractivity (Wildman–Crippen MR) is 573 cm³/mol. The quantitative estimate of drug-likeness (QED) is 0.121. The van der Waals surface area contributed by atoms with Crippen molar-refractivity contribution >= 4 is 85.4 Å². The predicted octanol–water partition coefficient (Wildman–Crippen LogP) is 35.3. The van der Waals surface area contributed by atoms with E-state index >= 15 is 0 Å². The summed E-state index contributed by atoms with van der Waals surface area (Å²) in [6.45, 7) is 0. The molecule has 664 valence electrons. The third-order valence-corrected chi connectivity index (χ3v) is 37.6. The summed E-state index contributed by atoms with van der Waals surface area (Å²) in [5.74, 6) is 8.74. The Hall–Kier alpha value is -14.2. The van der Waals surface area contributed by atoms with Crippen molar-refractivity contribution in [2.24, 2.45) is 47.3 Å². The van der Waals surface area contributed by atoms with Crippen LogP contribution < -0.4 is 9.47 Å². The second-order valence-corrected chi connectivity index (χ2v) is 43.7. The number of rotatable bonds is 11. The summed E-state index contributed by atoms with van der Waals surface area (Å²) < 4.78 is 14.3. The molecule has 9 fully saturated rings. The van der Waals surface area contributed by atoms with E-state index in [-0.39, 0.29) is 10.8 Å². The SMILES string of the molecule is COc1cc2sc3c(-c4ccc5c(c4)-c4ccccc4C54C5CC6CC(C5)CC4C6)cc(-c4c5ccccc5c(-c5ccc6cc(C#N)ccc6c5)c5ccccc45)cc3c2cc1OC.c1ccc(C2(c3ccccc3)c3cc(-c4ccc5c(c4)C4(c6ccccc6-5)C5CC6CC(C5)CC4C6)ccc3-c3ccc(-c4c5ccccc5c(-c5ccc(C6CCCCC6)cc5)c5ccccc45)cc32)cc1. The van der Waals surface area contributed by atoms with Crippen LogP contribution in [0.1, 0.15) is 158 Å². The summed E-state index contributed by atoms with van der Waals surface area (Å²) in [6, 6.07) is 142. The van der Waals surface area contributed by atoms with Gasteiger partial charge < -0.3 is 9.47 Å². The number of ether oxygens (including phenoxy) is 2. The van der Waals surface area contributed by atoms with Crippen molar-refractivity contribution in [1.29, 1.82) is 5.26 Å². The number of fused-ring (bicyclic) bond motifs is 17. The standard InChI is InChI=1S/C73H60.C61H45NO2S/c1-4-16-48(17-5-1)49-28-30-50(31-29-49)70-62-23-10-12-25-64(62)71(65-26-13-11-24-63(65)70)53-34-37-61-60-36-33-51(43-67(60)72(69(61)45-53,54-18-6-2-7-19-54)55-20-8-3-9-21-55)52-32-35-59-58-22-14-15-27-66(58)73(68(59)44-52)56-39-46-38-47(41-56)42-57(73)40-46;1-63-55-31-51-52-30-41(59-47-12-5-3-10-45(47)58(46-11-4-6-13-48(46)59)40-18-17-37-22-34(33-62)15-16-38(37)27-40)29-49(60(52)65-57(51)32-56(55)64-2)39-19-20-54-50(28-39)44-9-7-8-14-53(44)61(54)42-23-35-21-36(25-42)26-43(61)24-35/h2-3,6-15,18-37,43-48,56-57H,1,4-5,16-17,38-42H2;3-20,22,27-32,35-36,42-43H,21,23-26H2,1-2H3. The molecule has 12 aliphatic carbocycles. The van der Waals surface area contributed by atoms with Gasteiger partial charge in [-0.25, -0.2) is 0 Å². The Kier molecular flexibility index (Phi) is 18.3. The lowest BCUT2D eigenvalue weighted by Gasteiger charge is -2.61. The summed E-state index contributed by atoms with van der Waals surface area (Å²) in [7, 11) is 3.45. The van der Waals surface area contributed by atoms with Crippen LogP contribution in [0.2, 0.25) is 0 Å².